The minimum absolute atomic E-state index is 0.112. The SMILES string of the molecule is Cc1cc(C)n(-c2nc3c(c(=O)n2-c2ccc(OCC(N)=O)cc2)C[C@@H](C)N(C(=O)c2ccc(Br)c(C)c2)C3)n1. The molecule has 11 heteroatoms. The minimum Gasteiger partial charge on any atom is -0.484 e. The van der Waals surface area contributed by atoms with Gasteiger partial charge in [-0.15, -0.1) is 0 Å². The highest BCUT2D eigenvalue weighted by molar-refractivity contribution is 9.10. The predicted molar refractivity (Wildman–Crippen MR) is 153 cm³/mol. The second-order valence-electron chi connectivity index (χ2n) is 10.0. The molecule has 0 saturated heterocycles. The maximum Gasteiger partial charge on any atom is 0.263 e. The highest BCUT2D eigenvalue weighted by atomic mass is 79.9. The van der Waals surface area contributed by atoms with Gasteiger partial charge in [0, 0.05) is 27.3 Å². The number of primary amides is 1. The summed E-state index contributed by atoms with van der Waals surface area (Å²) < 4.78 is 9.48. The molecule has 0 unspecified atom stereocenters. The van der Waals surface area contributed by atoms with E-state index in [2.05, 4.69) is 21.0 Å². The summed E-state index contributed by atoms with van der Waals surface area (Å²) in [6, 6.07) is 14.0. The number of hydrogen-bond donors (Lipinski definition) is 1. The number of fused-ring (bicyclic) bond motifs is 1. The van der Waals surface area contributed by atoms with Gasteiger partial charge in [-0.25, -0.2) is 14.2 Å². The van der Waals surface area contributed by atoms with E-state index in [0.29, 0.717) is 40.6 Å². The zero-order chi connectivity index (χ0) is 28.7. The highest BCUT2D eigenvalue weighted by Gasteiger charge is 2.32. The fourth-order valence-corrected chi connectivity index (χ4v) is 5.16. The molecule has 2 N–H and O–H groups in total. The Hall–Kier alpha value is -4.25. The maximum absolute atomic E-state index is 14.1. The van der Waals surface area contributed by atoms with Crippen molar-refractivity contribution in [2.24, 2.45) is 5.73 Å². The highest BCUT2D eigenvalue weighted by Crippen LogP contribution is 2.26. The summed E-state index contributed by atoms with van der Waals surface area (Å²) in [6.07, 6.45) is 0.361. The van der Waals surface area contributed by atoms with Crippen LogP contribution >= 0.6 is 15.9 Å². The molecule has 1 aliphatic rings. The monoisotopic (exact) mass is 604 g/mol. The third kappa shape index (κ3) is 5.16. The number of carbonyl (C=O) groups is 2. The summed E-state index contributed by atoms with van der Waals surface area (Å²) in [5.74, 6) is 0.0728. The minimum atomic E-state index is -0.581. The van der Waals surface area contributed by atoms with Gasteiger partial charge in [0.15, 0.2) is 6.61 Å². The van der Waals surface area contributed by atoms with Gasteiger partial charge in [0.1, 0.15) is 5.75 Å². The number of hydrogen-bond acceptors (Lipinski definition) is 6. The van der Waals surface area contributed by atoms with Crippen LogP contribution in [0, 0.1) is 20.8 Å². The summed E-state index contributed by atoms with van der Waals surface area (Å²) in [7, 11) is 0. The van der Waals surface area contributed by atoms with E-state index < -0.39 is 5.91 Å². The molecule has 0 spiro atoms. The molecule has 0 bridgehead atoms. The third-order valence-corrected chi connectivity index (χ3v) is 7.83. The van der Waals surface area contributed by atoms with E-state index in [1.165, 1.54) is 4.57 Å². The van der Waals surface area contributed by atoms with Crippen molar-refractivity contribution in [2.45, 2.75) is 46.7 Å². The molecule has 3 heterocycles. The Morgan fingerprint density at radius 3 is 2.45 bits per heavy atom. The lowest BCUT2D eigenvalue weighted by Crippen LogP contribution is -2.46. The van der Waals surface area contributed by atoms with Gasteiger partial charge in [0.25, 0.3) is 17.4 Å². The molecule has 0 saturated carbocycles. The Bertz CT molecular complexity index is 1690. The first kappa shape index (κ1) is 27.3. The number of nitrogens with zero attached hydrogens (tertiary/aromatic N) is 5. The molecule has 40 heavy (non-hydrogen) atoms. The van der Waals surface area contributed by atoms with E-state index in [9.17, 15) is 14.4 Å². The van der Waals surface area contributed by atoms with Crippen LogP contribution in [-0.2, 0) is 17.8 Å². The number of aromatic nitrogens is 4. The average molecular weight is 605 g/mol. The van der Waals surface area contributed by atoms with E-state index in [1.807, 2.05) is 45.9 Å². The summed E-state index contributed by atoms with van der Waals surface area (Å²) in [5.41, 5.74) is 9.76. The van der Waals surface area contributed by atoms with Crippen molar-refractivity contribution in [1.82, 2.24) is 24.2 Å². The molecular weight excluding hydrogens is 576 g/mol. The van der Waals surface area contributed by atoms with Crippen molar-refractivity contribution in [2.75, 3.05) is 6.61 Å². The van der Waals surface area contributed by atoms with Crippen LogP contribution in [0.3, 0.4) is 0 Å². The van der Waals surface area contributed by atoms with Crippen LogP contribution in [0.5, 0.6) is 5.75 Å². The summed E-state index contributed by atoms with van der Waals surface area (Å²) in [5, 5.41) is 4.59. The zero-order valence-corrected chi connectivity index (χ0v) is 24.2. The largest absolute Gasteiger partial charge is 0.484 e. The zero-order valence-electron chi connectivity index (χ0n) is 22.6. The van der Waals surface area contributed by atoms with E-state index in [1.54, 1.807) is 39.9 Å². The molecule has 0 radical (unpaired) electrons. The lowest BCUT2D eigenvalue weighted by Gasteiger charge is -2.34. The number of benzene rings is 2. The standard InChI is InChI=1S/C29H29BrN6O4/c1-16-11-20(5-10-24(16)30)27(38)34-14-25-23(13-18(34)3)28(39)35(29(32-25)36-19(4)12-17(2)33-36)21-6-8-22(9-7-21)40-15-26(31)37/h5-12,18H,13-15H2,1-4H3,(H2,31,37)/t18-/m1/s1. The summed E-state index contributed by atoms with van der Waals surface area (Å²) >= 11 is 3.49. The predicted octanol–water partition coefficient (Wildman–Crippen LogP) is 3.56. The Labute approximate surface area is 239 Å². The molecule has 2 amide bonds. The van der Waals surface area contributed by atoms with Crippen molar-refractivity contribution in [3.8, 4) is 17.4 Å². The lowest BCUT2D eigenvalue weighted by atomic mass is 9.98. The van der Waals surface area contributed by atoms with Gasteiger partial charge in [-0.1, -0.05) is 15.9 Å². The van der Waals surface area contributed by atoms with Crippen molar-refractivity contribution in [3.05, 3.63) is 97.1 Å². The number of ether oxygens (including phenoxy) is 1. The second kappa shape index (κ2) is 10.7. The van der Waals surface area contributed by atoms with Crippen LogP contribution in [0.1, 0.15) is 45.5 Å². The Kier molecular flexibility index (Phi) is 7.33. The molecule has 5 rings (SSSR count). The van der Waals surface area contributed by atoms with Crippen molar-refractivity contribution in [1.29, 1.82) is 0 Å². The van der Waals surface area contributed by atoms with Gasteiger partial charge in [0.05, 0.1) is 23.6 Å². The number of amides is 2. The van der Waals surface area contributed by atoms with Crippen molar-refractivity contribution < 1.29 is 14.3 Å². The van der Waals surface area contributed by atoms with Crippen LogP contribution in [0.15, 0.2) is 57.8 Å². The average Bonchev–Trinajstić information content (AvgIpc) is 3.26. The molecule has 0 aliphatic carbocycles. The second-order valence-corrected chi connectivity index (χ2v) is 10.9. The molecule has 10 nitrogen and oxygen atoms in total. The lowest BCUT2D eigenvalue weighted by molar-refractivity contribution is -0.119. The van der Waals surface area contributed by atoms with Crippen molar-refractivity contribution in [3.63, 3.8) is 0 Å². The van der Waals surface area contributed by atoms with Crippen LogP contribution in [0.2, 0.25) is 0 Å². The van der Waals surface area contributed by atoms with Crippen LogP contribution in [0.4, 0.5) is 0 Å². The van der Waals surface area contributed by atoms with Crippen LogP contribution < -0.4 is 16.0 Å². The molecule has 2 aromatic heterocycles. The smallest absolute Gasteiger partial charge is 0.263 e. The molecule has 1 atom stereocenters. The molecule has 2 aromatic carbocycles. The van der Waals surface area contributed by atoms with E-state index >= 15 is 0 Å². The van der Waals surface area contributed by atoms with E-state index in [-0.39, 0.29) is 30.7 Å². The Morgan fingerprint density at radius 2 is 1.82 bits per heavy atom. The molecule has 0 fully saturated rings. The number of nitrogens with two attached hydrogens (primary N) is 1. The third-order valence-electron chi connectivity index (χ3n) is 6.94. The van der Waals surface area contributed by atoms with E-state index in [4.69, 9.17) is 15.5 Å². The fourth-order valence-electron chi connectivity index (χ4n) is 4.91. The number of carbonyl (C=O) groups excluding carboxylic acids is 2. The first-order chi connectivity index (χ1) is 19.0. The van der Waals surface area contributed by atoms with Crippen molar-refractivity contribution >= 4 is 27.7 Å². The molecule has 1 aliphatic heterocycles. The van der Waals surface area contributed by atoms with E-state index in [0.717, 1.165) is 21.4 Å². The summed E-state index contributed by atoms with van der Waals surface area (Å²) in [4.78, 5) is 45.4. The van der Waals surface area contributed by atoms with Gasteiger partial charge in [-0.2, -0.15) is 5.10 Å². The van der Waals surface area contributed by atoms with Gasteiger partial charge in [-0.05, 0) is 88.2 Å². The quantitative estimate of drug-likeness (QED) is 0.359. The fraction of sp³-hybridized carbons (Fsp3) is 0.276. The maximum atomic E-state index is 14.1. The number of rotatable bonds is 6. The normalized spacial score (nSPS) is 14.6. The Morgan fingerprint density at radius 1 is 1.10 bits per heavy atom. The molecular formula is C29H29BrN6O4. The van der Waals surface area contributed by atoms with Gasteiger partial charge < -0.3 is 15.4 Å². The topological polar surface area (TPSA) is 125 Å². The molecule has 206 valence electrons. The van der Waals surface area contributed by atoms with Crippen LogP contribution in [-0.4, -0.2) is 48.7 Å². The van der Waals surface area contributed by atoms with Gasteiger partial charge in [0.2, 0.25) is 5.95 Å². The van der Waals surface area contributed by atoms with Gasteiger partial charge >= 0.3 is 0 Å². The first-order valence-corrected chi connectivity index (χ1v) is 13.6. The van der Waals surface area contributed by atoms with Crippen LogP contribution in [0.25, 0.3) is 11.6 Å². The van der Waals surface area contributed by atoms with Gasteiger partial charge in [-0.3, -0.25) is 14.4 Å². The summed E-state index contributed by atoms with van der Waals surface area (Å²) in [6.45, 7) is 7.60. The number of aryl methyl sites for hydroxylation is 3. The first-order valence-electron chi connectivity index (χ1n) is 12.8. The Balaban J connectivity index is 1.60. The number of halogens is 1. The molecule has 4 aromatic rings.